The van der Waals surface area contributed by atoms with E-state index in [-0.39, 0.29) is 18.3 Å². The summed E-state index contributed by atoms with van der Waals surface area (Å²) in [4.78, 5) is 23.9. The molecule has 154 valence electrons. The van der Waals surface area contributed by atoms with Gasteiger partial charge < -0.3 is 9.30 Å². The Kier molecular flexibility index (Phi) is 6.84. The molecule has 7 heteroatoms. The number of carbonyl (C=O) groups excluding carboxylic acids is 2. The topological polar surface area (TPSA) is 72.7 Å². The van der Waals surface area contributed by atoms with Crippen LogP contribution >= 0.6 is 15.9 Å². The lowest BCUT2D eigenvalue weighted by atomic mass is 10.1. The first-order valence-corrected chi connectivity index (χ1v) is 10.1. The summed E-state index contributed by atoms with van der Waals surface area (Å²) in [7, 11) is 1.36. The Morgan fingerprint density at radius 3 is 2.57 bits per heavy atom. The fraction of sp³-hybridized carbons (Fsp3) is 0.174. The minimum atomic E-state index is -0.380. The van der Waals surface area contributed by atoms with Gasteiger partial charge in [0.1, 0.15) is 0 Å². The molecule has 0 bridgehead atoms. The van der Waals surface area contributed by atoms with E-state index in [2.05, 4.69) is 26.5 Å². The molecule has 6 nitrogen and oxygen atoms in total. The van der Waals surface area contributed by atoms with E-state index in [0.717, 1.165) is 32.7 Å². The molecular formula is C23H22BrN3O3. The quantitative estimate of drug-likeness (QED) is 0.333. The summed E-state index contributed by atoms with van der Waals surface area (Å²) in [5, 5.41) is 4.10. The lowest BCUT2D eigenvalue weighted by Gasteiger charge is -2.10. The van der Waals surface area contributed by atoms with Crippen LogP contribution in [0.2, 0.25) is 0 Å². The third-order valence-electron chi connectivity index (χ3n) is 4.67. The van der Waals surface area contributed by atoms with Crippen LogP contribution in [0.15, 0.2) is 64.2 Å². The number of hydrogen-bond donors (Lipinski definition) is 1. The molecule has 0 spiro atoms. The van der Waals surface area contributed by atoms with Gasteiger partial charge in [-0.2, -0.15) is 5.10 Å². The average Bonchev–Trinajstić information content (AvgIpc) is 3.02. The Morgan fingerprint density at radius 2 is 1.87 bits per heavy atom. The van der Waals surface area contributed by atoms with E-state index in [4.69, 9.17) is 4.74 Å². The first kappa shape index (κ1) is 21.5. The van der Waals surface area contributed by atoms with E-state index in [1.165, 1.54) is 7.11 Å². The van der Waals surface area contributed by atoms with Crippen molar-refractivity contribution in [1.29, 1.82) is 0 Å². The molecule has 1 heterocycles. The molecule has 0 aliphatic heterocycles. The standard InChI is InChI=1S/C23H22BrN3O3/c1-15-11-19(14-25-26-22(28)12-17-7-9-20(24)10-8-17)16(2)27(15)21-6-4-5-18(13-21)23(29)30-3/h4-11,13-14H,12H2,1-3H3,(H,26,28)/b25-14-. The number of halogens is 1. The predicted molar refractivity (Wildman–Crippen MR) is 120 cm³/mol. The number of amides is 1. The molecule has 30 heavy (non-hydrogen) atoms. The first-order valence-electron chi connectivity index (χ1n) is 9.33. The SMILES string of the molecule is COC(=O)c1cccc(-n2c(C)cc(/C=N\NC(=O)Cc3ccc(Br)cc3)c2C)c1. The van der Waals surface area contributed by atoms with E-state index in [1.54, 1.807) is 18.3 Å². The second-order valence-electron chi connectivity index (χ2n) is 6.80. The van der Waals surface area contributed by atoms with Crippen LogP contribution in [0.3, 0.4) is 0 Å². The molecule has 0 atom stereocenters. The summed E-state index contributed by atoms with van der Waals surface area (Å²) in [6.45, 7) is 3.93. The number of rotatable bonds is 6. The molecule has 0 radical (unpaired) electrons. The second kappa shape index (κ2) is 9.54. The first-order chi connectivity index (χ1) is 14.4. The molecule has 1 amide bonds. The van der Waals surface area contributed by atoms with E-state index in [1.807, 2.05) is 60.9 Å². The second-order valence-corrected chi connectivity index (χ2v) is 7.72. The number of nitrogens with zero attached hydrogens (tertiary/aromatic N) is 2. The van der Waals surface area contributed by atoms with Gasteiger partial charge in [0.2, 0.25) is 5.91 Å². The number of nitrogens with one attached hydrogen (secondary N) is 1. The number of aryl methyl sites for hydroxylation is 1. The maximum Gasteiger partial charge on any atom is 0.337 e. The summed E-state index contributed by atoms with van der Waals surface area (Å²) in [6.07, 6.45) is 1.88. The van der Waals surface area contributed by atoms with Crippen LogP contribution in [-0.4, -0.2) is 29.8 Å². The van der Waals surface area contributed by atoms with Gasteiger partial charge in [-0.15, -0.1) is 0 Å². The molecule has 0 fully saturated rings. The number of hydrazone groups is 1. The molecule has 1 N–H and O–H groups in total. The highest BCUT2D eigenvalue weighted by Crippen LogP contribution is 2.21. The van der Waals surface area contributed by atoms with Crippen molar-refractivity contribution in [1.82, 2.24) is 9.99 Å². The Labute approximate surface area is 183 Å². The monoisotopic (exact) mass is 467 g/mol. The van der Waals surface area contributed by atoms with E-state index in [0.29, 0.717) is 5.56 Å². The number of benzene rings is 2. The summed E-state index contributed by atoms with van der Waals surface area (Å²) < 4.78 is 7.80. The molecular weight excluding hydrogens is 446 g/mol. The van der Waals surface area contributed by atoms with Crippen LogP contribution in [0.4, 0.5) is 0 Å². The van der Waals surface area contributed by atoms with Crippen LogP contribution in [0, 0.1) is 13.8 Å². The molecule has 0 unspecified atom stereocenters. The number of aromatic nitrogens is 1. The average molecular weight is 468 g/mol. The van der Waals surface area contributed by atoms with Crippen molar-refractivity contribution in [3.63, 3.8) is 0 Å². The van der Waals surface area contributed by atoms with Crippen LogP contribution in [0.1, 0.15) is 32.9 Å². The zero-order chi connectivity index (χ0) is 21.7. The number of esters is 1. The van der Waals surface area contributed by atoms with Crippen LogP contribution in [-0.2, 0) is 16.0 Å². The van der Waals surface area contributed by atoms with Crippen molar-refractivity contribution in [2.75, 3.05) is 7.11 Å². The lowest BCUT2D eigenvalue weighted by molar-refractivity contribution is -0.120. The molecule has 0 aliphatic carbocycles. The van der Waals surface area contributed by atoms with Crippen molar-refractivity contribution in [3.8, 4) is 5.69 Å². The smallest absolute Gasteiger partial charge is 0.337 e. The Bertz CT molecular complexity index is 1100. The highest BCUT2D eigenvalue weighted by atomic mass is 79.9. The third-order valence-corrected chi connectivity index (χ3v) is 5.20. The Hall–Kier alpha value is -3.19. The van der Waals surface area contributed by atoms with Crippen LogP contribution < -0.4 is 5.43 Å². The summed E-state index contributed by atoms with van der Waals surface area (Å²) in [5.74, 6) is -0.567. The number of hydrogen-bond acceptors (Lipinski definition) is 4. The van der Waals surface area contributed by atoms with Gasteiger partial charge >= 0.3 is 5.97 Å². The van der Waals surface area contributed by atoms with Crippen molar-refractivity contribution < 1.29 is 14.3 Å². The van der Waals surface area contributed by atoms with Gasteiger partial charge in [0.15, 0.2) is 0 Å². The minimum Gasteiger partial charge on any atom is -0.465 e. The van der Waals surface area contributed by atoms with E-state index >= 15 is 0 Å². The van der Waals surface area contributed by atoms with Gasteiger partial charge in [-0.25, -0.2) is 10.2 Å². The fourth-order valence-corrected chi connectivity index (χ4v) is 3.47. The minimum absolute atomic E-state index is 0.187. The van der Waals surface area contributed by atoms with E-state index in [9.17, 15) is 9.59 Å². The number of ether oxygens (including phenoxy) is 1. The van der Waals surface area contributed by atoms with E-state index < -0.39 is 0 Å². The number of methoxy groups -OCH3 is 1. The van der Waals surface area contributed by atoms with Crippen molar-refractivity contribution in [2.45, 2.75) is 20.3 Å². The zero-order valence-electron chi connectivity index (χ0n) is 17.0. The van der Waals surface area contributed by atoms with Crippen LogP contribution in [0.5, 0.6) is 0 Å². The van der Waals surface area contributed by atoms with Gasteiger partial charge in [0.25, 0.3) is 0 Å². The Balaban J connectivity index is 1.73. The van der Waals surface area contributed by atoms with Crippen LogP contribution in [0.25, 0.3) is 5.69 Å². The van der Waals surface area contributed by atoms with Crippen molar-refractivity contribution in [3.05, 3.63) is 87.1 Å². The van der Waals surface area contributed by atoms with Crippen molar-refractivity contribution >= 4 is 34.0 Å². The molecule has 2 aromatic carbocycles. The van der Waals surface area contributed by atoms with Gasteiger partial charge in [0.05, 0.1) is 25.3 Å². The Morgan fingerprint density at radius 1 is 1.13 bits per heavy atom. The van der Waals surface area contributed by atoms with Gasteiger partial charge in [-0.05, 0) is 55.8 Å². The lowest BCUT2D eigenvalue weighted by Crippen LogP contribution is -2.19. The molecule has 0 saturated carbocycles. The van der Waals surface area contributed by atoms with Crippen molar-refractivity contribution in [2.24, 2.45) is 5.10 Å². The van der Waals surface area contributed by atoms with Gasteiger partial charge in [-0.1, -0.05) is 34.1 Å². The fourth-order valence-electron chi connectivity index (χ4n) is 3.21. The largest absolute Gasteiger partial charge is 0.465 e. The maximum atomic E-state index is 12.1. The normalized spacial score (nSPS) is 10.9. The highest BCUT2D eigenvalue weighted by molar-refractivity contribution is 9.10. The molecule has 3 rings (SSSR count). The zero-order valence-corrected chi connectivity index (χ0v) is 18.6. The highest BCUT2D eigenvalue weighted by Gasteiger charge is 2.12. The summed E-state index contributed by atoms with van der Waals surface area (Å²) in [5.41, 5.74) is 7.62. The molecule has 3 aromatic rings. The molecule has 0 saturated heterocycles. The van der Waals surface area contributed by atoms with Gasteiger partial charge in [0, 0.05) is 27.1 Å². The maximum absolute atomic E-state index is 12.1. The molecule has 0 aliphatic rings. The predicted octanol–water partition coefficient (Wildman–Crippen LogP) is 4.34. The third kappa shape index (κ3) is 5.04. The molecule has 1 aromatic heterocycles. The number of carbonyl (C=O) groups is 2. The summed E-state index contributed by atoms with van der Waals surface area (Å²) >= 11 is 3.38. The van der Waals surface area contributed by atoms with Gasteiger partial charge in [-0.3, -0.25) is 4.79 Å². The summed E-state index contributed by atoms with van der Waals surface area (Å²) in [6, 6.07) is 16.8.